The number of amides is 1. The highest BCUT2D eigenvalue weighted by Crippen LogP contribution is 2.36. The molecule has 0 unspecified atom stereocenters. The van der Waals surface area contributed by atoms with Gasteiger partial charge in [-0.3, -0.25) is 14.2 Å². The number of fused-ring (bicyclic) bond motifs is 1. The fraction of sp³-hybridized carbons (Fsp3) is 0.0938. The molecule has 2 aromatic heterocycles. The number of hydrogen-bond acceptors (Lipinski definition) is 6. The van der Waals surface area contributed by atoms with E-state index >= 15 is 0 Å². The second kappa shape index (κ2) is 11.5. The third-order valence-electron chi connectivity index (χ3n) is 6.59. The van der Waals surface area contributed by atoms with Gasteiger partial charge in [0, 0.05) is 16.7 Å². The van der Waals surface area contributed by atoms with E-state index in [1.54, 1.807) is 10.6 Å². The standard InChI is InChI=1S/C32H24BrN3O3S2/c1-19-13-15-21(16-14-19)28-27(29(37)35-22-9-5-3-6-10-22)20(2)34-32-36(28)30(38)26(41-32)18-23-17-25(33)31(39-23)40-24-11-7-4-8-12-24/h3-18,28H,1-2H3,(H,35,37)/b26-18+/t28-/m1/s1. The van der Waals surface area contributed by atoms with Crippen LogP contribution in [0.4, 0.5) is 5.69 Å². The van der Waals surface area contributed by atoms with Gasteiger partial charge >= 0.3 is 0 Å². The van der Waals surface area contributed by atoms with Crippen LogP contribution in [0.5, 0.6) is 0 Å². The second-order valence-corrected chi connectivity index (χ2v) is 12.4. The van der Waals surface area contributed by atoms with E-state index in [9.17, 15) is 9.59 Å². The molecule has 0 spiro atoms. The summed E-state index contributed by atoms with van der Waals surface area (Å²) in [5.41, 5.74) is 3.35. The summed E-state index contributed by atoms with van der Waals surface area (Å²) in [6, 6.07) is 28.3. The maximum absolute atomic E-state index is 14.0. The van der Waals surface area contributed by atoms with Crippen molar-refractivity contribution in [1.82, 2.24) is 4.57 Å². The molecule has 0 fully saturated rings. The molecule has 0 bridgehead atoms. The zero-order chi connectivity index (χ0) is 28.5. The van der Waals surface area contributed by atoms with Crippen LogP contribution >= 0.6 is 39.0 Å². The number of aryl methyl sites for hydroxylation is 1. The zero-order valence-corrected chi connectivity index (χ0v) is 25.3. The summed E-state index contributed by atoms with van der Waals surface area (Å²) in [6.45, 7) is 3.82. The SMILES string of the molecule is CC1=C(C(=O)Nc2ccccc2)[C@@H](c2ccc(C)cc2)n2c(s/c(=C/c3cc(Br)c(Sc4ccccc4)o3)c2=O)=N1. The molecule has 41 heavy (non-hydrogen) atoms. The van der Waals surface area contributed by atoms with E-state index in [4.69, 9.17) is 9.41 Å². The number of carbonyl (C=O) groups is 1. The van der Waals surface area contributed by atoms with Crippen LogP contribution in [0, 0.1) is 6.92 Å². The lowest BCUT2D eigenvalue weighted by Crippen LogP contribution is -2.40. The number of nitrogens with zero attached hydrogens (tertiary/aromatic N) is 2. The molecule has 1 aliphatic rings. The van der Waals surface area contributed by atoms with Crippen LogP contribution in [0.1, 0.15) is 29.9 Å². The lowest BCUT2D eigenvalue weighted by atomic mass is 9.94. The summed E-state index contributed by atoms with van der Waals surface area (Å²) in [5, 5.41) is 3.68. The summed E-state index contributed by atoms with van der Waals surface area (Å²) in [5.74, 6) is 0.250. The lowest BCUT2D eigenvalue weighted by molar-refractivity contribution is -0.113. The number of para-hydroxylation sites is 1. The molecule has 0 saturated heterocycles. The van der Waals surface area contributed by atoms with Crippen LogP contribution < -0.4 is 20.2 Å². The Morgan fingerprint density at radius 2 is 1.71 bits per heavy atom. The molecule has 1 amide bonds. The van der Waals surface area contributed by atoms with Crippen LogP contribution in [-0.4, -0.2) is 10.5 Å². The minimum Gasteiger partial charge on any atom is -0.449 e. The van der Waals surface area contributed by atoms with Crippen molar-refractivity contribution in [2.24, 2.45) is 4.99 Å². The Morgan fingerprint density at radius 1 is 1.02 bits per heavy atom. The number of halogens is 1. The van der Waals surface area contributed by atoms with E-state index in [-0.39, 0.29) is 11.5 Å². The molecule has 0 aliphatic carbocycles. The Hall–Kier alpha value is -3.92. The number of benzene rings is 3. The van der Waals surface area contributed by atoms with Gasteiger partial charge in [-0.15, -0.1) is 0 Å². The largest absolute Gasteiger partial charge is 0.449 e. The third-order valence-corrected chi connectivity index (χ3v) is 9.42. The van der Waals surface area contributed by atoms with Crippen LogP contribution in [0.3, 0.4) is 0 Å². The Kier molecular flexibility index (Phi) is 7.66. The monoisotopic (exact) mass is 641 g/mol. The summed E-state index contributed by atoms with van der Waals surface area (Å²) in [6.07, 6.45) is 1.74. The van der Waals surface area contributed by atoms with Crippen molar-refractivity contribution in [2.75, 3.05) is 5.32 Å². The number of thiazole rings is 1. The molecule has 9 heteroatoms. The van der Waals surface area contributed by atoms with Gasteiger partial charge in [-0.1, -0.05) is 89.3 Å². The predicted molar refractivity (Wildman–Crippen MR) is 167 cm³/mol. The highest BCUT2D eigenvalue weighted by Gasteiger charge is 2.32. The van der Waals surface area contributed by atoms with Crippen molar-refractivity contribution < 1.29 is 9.21 Å². The highest BCUT2D eigenvalue weighted by atomic mass is 79.9. The number of allylic oxidation sites excluding steroid dienone is 1. The smallest absolute Gasteiger partial charge is 0.271 e. The molecular weight excluding hydrogens is 618 g/mol. The summed E-state index contributed by atoms with van der Waals surface area (Å²) >= 11 is 6.36. The van der Waals surface area contributed by atoms with Gasteiger partial charge in [-0.2, -0.15) is 0 Å². The van der Waals surface area contributed by atoms with E-state index in [0.29, 0.717) is 37.1 Å². The maximum atomic E-state index is 14.0. The highest BCUT2D eigenvalue weighted by molar-refractivity contribution is 9.10. The second-order valence-electron chi connectivity index (χ2n) is 9.51. The molecule has 6 rings (SSSR count). The first-order valence-corrected chi connectivity index (χ1v) is 15.3. The number of furan rings is 1. The fourth-order valence-corrected chi connectivity index (χ4v) is 7.01. The maximum Gasteiger partial charge on any atom is 0.271 e. The van der Waals surface area contributed by atoms with E-state index in [1.165, 1.54) is 23.1 Å². The van der Waals surface area contributed by atoms with Crippen molar-refractivity contribution in [2.45, 2.75) is 29.9 Å². The number of rotatable bonds is 6. The summed E-state index contributed by atoms with van der Waals surface area (Å²) in [4.78, 5) is 33.9. The van der Waals surface area contributed by atoms with Crippen LogP contribution in [0.15, 0.2) is 131 Å². The minimum atomic E-state index is -0.634. The Morgan fingerprint density at radius 3 is 2.41 bits per heavy atom. The molecule has 3 heterocycles. The Balaban J connectivity index is 1.43. The Labute approximate surface area is 252 Å². The van der Waals surface area contributed by atoms with Gasteiger partial charge in [-0.05, 0) is 65.7 Å². The van der Waals surface area contributed by atoms with Gasteiger partial charge in [0.2, 0.25) is 0 Å². The quantitative estimate of drug-likeness (QED) is 0.224. The molecule has 3 aromatic carbocycles. The average Bonchev–Trinajstić information content (AvgIpc) is 3.46. The van der Waals surface area contributed by atoms with Crippen LogP contribution in [0.25, 0.3) is 6.08 Å². The fourth-order valence-electron chi connectivity index (χ4n) is 4.63. The third kappa shape index (κ3) is 5.66. The molecule has 6 nitrogen and oxygen atoms in total. The van der Waals surface area contributed by atoms with Crippen molar-refractivity contribution in [3.8, 4) is 0 Å². The molecule has 5 aromatic rings. The normalized spacial score (nSPS) is 15.0. The van der Waals surface area contributed by atoms with E-state index < -0.39 is 6.04 Å². The predicted octanol–water partition coefficient (Wildman–Crippen LogP) is 6.69. The molecule has 1 N–H and O–H groups in total. The number of hydrogen-bond donors (Lipinski definition) is 1. The molecule has 204 valence electrons. The van der Waals surface area contributed by atoms with Gasteiger partial charge in [0.05, 0.1) is 26.3 Å². The molecule has 1 atom stereocenters. The lowest BCUT2D eigenvalue weighted by Gasteiger charge is -2.25. The molecular formula is C32H24BrN3O3S2. The Bertz CT molecular complexity index is 1960. The first-order valence-electron chi connectivity index (χ1n) is 12.8. The van der Waals surface area contributed by atoms with Crippen molar-refractivity contribution in [3.63, 3.8) is 0 Å². The number of nitrogens with one attached hydrogen (secondary N) is 1. The number of anilines is 1. The average molecular weight is 643 g/mol. The van der Waals surface area contributed by atoms with Crippen molar-refractivity contribution in [3.05, 3.63) is 143 Å². The minimum absolute atomic E-state index is 0.235. The van der Waals surface area contributed by atoms with Gasteiger partial charge in [0.25, 0.3) is 11.5 Å². The number of aromatic nitrogens is 1. The van der Waals surface area contributed by atoms with Gasteiger partial charge in [0.15, 0.2) is 9.89 Å². The van der Waals surface area contributed by atoms with E-state index in [0.717, 1.165) is 20.5 Å². The summed E-state index contributed by atoms with van der Waals surface area (Å²) in [7, 11) is 0. The van der Waals surface area contributed by atoms with Crippen molar-refractivity contribution >= 4 is 56.7 Å². The van der Waals surface area contributed by atoms with Crippen molar-refractivity contribution in [1.29, 1.82) is 0 Å². The first kappa shape index (κ1) is 27.3. The van der Waals surface area contributed by atoms with Crippen LogP contribution in [0.2, 0.25) is 0 Å². The van der Waals surface area contributed by atoms with E-state index in [1.807, 2.05) is 105 Å². The van der Waals surface area contributed by atoms with Crippen LogP contribution in [-0.2, 0) is 4.79 Å². The first-order chi connectivity index (χ1) is 19.9. The molecule has 0 radical (unpaired) electrons. The topological polar surface area (TPSA) is 76.6 Å². The van der Waals surface area contributed by atoms with E-state index in [2.05, 4.69) is 21.2 Å². The van der Waals surface area contributed by atoms with Gasteiger partial charge < -0.3 is 9.73 Å². The van der Waals surface area contributed by atoms with Gasteiger partial charge in [-0.25, -0.2) is 4.99 Å². The number of carbonyl (C=O) groups excluding carboxylic acids is 1. The molecule has 1 aliphatic heterocycles. The zero-order valence-electron chi connectivity index (χ0n) is 22.1. The molecule has 0 saturated carbocycles. The summed E-state index contributed by atoms with van der Waals surface area (Å²) < 4.78 is 8.98. The van der Waals surface area contributed by atoms with Gasteiger partial charge in [0.1, 0.15) is 5.76 Å².